The first-order chi connectivity index (χ1) is 8.73. The molecule has 1 rings (SSSR count). The zero-order chi connectivity index (χ0) is 14.8. The molecule has 5 nitrogen and oxygen atoms in total. The lowest BCUT2D eigenvalue weighted by Gasteiger charge is -2.12. The smallest absolute Gasteiger partial charge is 0.187 e. The minimum absolute atomic E-state index is 0.000939. The first kappa shape index (κ1) is 15.5. The zero-order valence-corrected chi connectivity index (χ0v) is 11.2. The first-order valence-electron chi connectivity index (χ1n) is 5.23. The van der Waals surface area contributed by atoms with Crippen LogP contribution in [0.1, 0.15) is 16.8 Å². The summed E-state index contributed by atoms with van der Waals surface area (Å²) in [5, 5.41) is 0. The highest BCUT2D eigenvalue weighted by atomic mass is 32.2. The third-order valence-corrected chi connectivity index (χ3v) is 3.49. The lowest BCUT2D eigenvalue weighted by atomic mass is 10.1. The Labute approximate surface area is 109 Å². The summed E-state index contributed by atoms with van der Waals surface area (Å²) in [5.41, 5.74) is 4.82. The molecule has 106 valence electrons. The molecule has 0 aliphatic heterocycles. The normalized spacial score (nSPS) is 11.4. The maximum absolute atomic E-state index is 14.0. The molecule has 0 aliphatic carbocycles. The minimum atomic E-state index is -4.12. The monoisotopic (exact) mass is 293 g/mol. The number of halogens is 2. The maximum atomic E-state index is 14.0. The molecule has 0 bridgehead atoms. The largest absolute Gasteiger partial charge is 0.493 e. The van der Waals surface area contributed by atoms with Crippen molar-refractivity contribution >= 4 is 15.6 Å². The van der Waals surface area contributed by atoms with E-state index in [1.54, 1.807) is 0 Å². The second kappa shape index (κ2) is 5.62. The Kier molecular flexibility index (Phi) is 4.59. The number of ether oxygens (including phenoxy) is 1. The molecule has 1 aromatic carbocycles. The van der Waals surface area contributed by atoms with Crippen LogP contribution in [-0.4, -0.2) is 34.1 Å². The molecular formula is C11H13F2NO4S. The van der Waals surface area contributed by atoms with Gasteiger partial charge >= 0.3 is 0 Å². The number of carbonyl (C=O) groups excluding carboxylic acids is 1. The second-order valence-corrected chi connectivity index (χ2v) is 5.77. The number of sulfone groups is 1. The van der Waals surface area contributed by atoms with Crippen LogP contribution in [0.3, 0.4) is 0 Å². The Bertz CT molecular complexity index is 614. The third kappa shape index (κ3) is 3.07. The van der Waals surface area contributed by atoms with E-state index >= 15 is 0 Å². The topological polar surface area (TPSA) is 86.5 Å². The highest BCUT2D eigenvalue weighted by molar-refractivity contribution is 7.90. The van der Waals surface area contributed by atoms with Gasteiger partial charge in [-0.05, 0) is 12.6 Å². The highest BCUT2D eigenvalue weighted by Crippen LogP contribution is 2.31. The van der Waals surface area contributed by atoms with Crippen LogP contribution in [-0.2, 0) is 9.84 Å². The SMILES string of the molecule is COc1c(C(=O)CCN)cc(F)c(S(C)(=O)=O)c1F. The average Bonchev–Trinajstić information content (AvgIpc) is 2.26. The number of carbonyl (C=O) groups is 1. The van der Waals surface area contributed by atoms with Crippen molar-refractivity contribution in [1.82, 2.24) is 0 Å². The van der Waals surface area contributed by atoms with Crippen LogP contribution in [0.4, 0.5) is 8.78 Å². The lowest BCUT2D eigenvalue weighted by molar-refractivity contribution is 0.0980. The van der Waals surface area contributed by atoms with Crippen molar-refractivity contribution in [3.8, 4) is 5.75 Å². The number of benzene rings is 1. The van der Waals surface area contributed by atoms with Crippen molar-refractivity contribution in [1.29, 1.82) is 0 Å². The Morgan fingerprint density at radius 2 is 2.00 bits per heavy atom. The molecular weight excluding hydrogens is 280 g/mol. The fourth-order valence-corrected chi connectivity index (χ4v) is 2.43. The van der Waals surface area contributed by atoms with Gasteiger partial charge in [0.2, 0.25) is 0 Å². The average molecular weight is 293 g/mol. The van der Waals surface area contributed by atoms with Gasteiger partial charge < -0.3 is 10.5 Å². The van der Waals surface area contributed by atoms with Gasteiger partial charge in [-0.3, -0.25) is 4.79 Å². The first-order valence-corrected chi connectivity index (χ1v) is 7.12. The van der Waals surface area contributed by atoms with Gasteiger partial charge in [-0.1, -0.05) is 0 Å². The highest BCUT2D eigenvalue weighted by Gasteiger charge is 2.28. The summed E-state index contributed by atoms with van der Waals surface area (Å²) in [7, 11) is -3.06. The van der Waals surface area contributed by atoms with Crippen molar-refractivity contribution in [2.45, 2.75) is 11.3 Å². The predicted octanol–water partition coefficient (Wildman–Crippen LogP) is 0.908. The molecule has 0 aliphatic rings. The van der Waals surface area contributed by atoms with Gasteiger partial charge in [0.1, 0.15) is 10.7 Å². The number of methoxy groups -OCH3 is 1. The van der Waals surface area contributed by atoms with Crippen LogP contribution in [0.15, 0.2) is 11.0 Å². The summed E-state index contributed by atoms with van der Waals surface area (Å²) in [6, 6.07) is 0.649. The molecule has 19 heavy (non-hydrogen) atoms. The van der Waals surface area contributed by atoms with Crippen molar-refractivity contribution < 1.29 is 26.7 Å². The molecule has 0 saturated carbocycles. The summed E-state index contributed by atoms with van der Waals surface area (Å²) in [6.45, 7) is -0.000939. The number of rotatable bonds is 5. The van der Waals surface area contributed by atoms with Gasteiger partial charge in [0.05, 0.1) is 12.7 Å². The molecule has 2 N–H and O–H groups in total. The van der Waals surface area contributed by atoms with E-state index in [9.17, 15) is 22.0 Å². The standard InChI is InChI=1S/C11H13F2NO4S/c1-18-10-6(8(15)3-4-14)5-7(12)11(9(10)13)19(2,16)17/h5H,3-4,14H2,1-2H3. The Balaban J connectivity index is 3.60. The summed E-state index contributed by atoms with van der Waals surface area (Å²) in [5.74, 6) is -3.97. The quantitative estimate of drug-likeness (QED) is 0.815. The van der Waals surface area contributed by atoms with Gasteiger partial charge in [0, 0.05) is 12.7 Å². The molecule has 1 aromatic rings. The number of hydrogen-bond donors (Lipinski definition) is 1. The molecule has 0 fully saturated rings. The van der Waals surface area contributed by atoms with Crippen molar-refractivity contribution in [2.75, 3.05) is 19.9 Å². The van der Waals surface area contributed by atoms with Gasteiger partial charge in [-0.25, -0.2) is 17.2 Å². The maximum Gasteiger partial charge on any atom is 0.187 e. The number of ketones is 1. The lowest BCUT2D eigenvalue weighted by Crippen LogP contribution is -2.13. The Morgan fingerprint density at radius 3 is 2.42 bits per heavy atom. The van der Waals surface area contributed by atoms with Crippen molar-refractivity contribution in [2.24, 2.45) is 5.73 Å². The summed E-state index contributed by atoms with van der Waals surface area (Å²) < 4.78 is 54.9. The number of Topliss-reactive ketones (excluding diaryl/α,β-unsaturated/α-hetero) is 1. The van der Waals surface area contributed by atoms with Gasteiger partial charge in [0.15, 0.2) is 27.2 Å². The number of hydrogen-bond acceptors (Lipinski definition) is 5. The fraction of sp³-hybridized carbons (Fsp3) is 0.364. The third-order valence-electron chi connectivity index (χ3n) is 2.38. The van der Waals surface area contributed by atoms with E-state index in [1.807, 2.05) is 0 Å². The molecule has 0 radical (unpaired) electrons. The van der Waals surface area contributed by atoms with Crippen LogP contribution >= 0.6 is 0 Å². The summed E-state index contributed by atoms with van der Waals surface area (Å²) in [4.78, 5) is 10.5. The van der Waals surface area contributed by atoms with E-state index in [0.717, 1.165) is 7.11 Å². The van der Waals surface area contributed by atoms with Crippen LogP contribution < -0.4 is 10.5 Å². The summed E-state index contributed by atoms with van der Waals surface area (Å²) >= 11 is 0. The fourth-order valence-electron chi connectivity index (χ4n) is 1.60. The van der Waals surface area contributed by atoms with E-state index < -0.39 is 37.9 Å². The van der Waals surface area contributed by atoms with E-state index in [-0.39, 0.29) is 18.5 Å². The zero-order valence-electron chi connectivity index (χ0n) is 10.4. The second-order valence-electron chi connectivity index (χ2n) is 3.82. The minimum Gasteiger partial charge on any atom is -0.493 e. The van der Waals surface area contributed by atoms with Crippen LogP contribution in [0.2, 0.25) is 0 Å². The molecule has 0 atom stereocenters. The van der Waals surface area contributed by atoms with Gasteiger partial charge in [-0.2, -0.15) is 0 Å². The Morgan fingerprint density at radius 1 is 1.42 bits per heavy atom. The summed E-state index contributed by atoms with van der Waals surface area (Å²) in [6.07, 6.45) is 0.531. The van der Waals surface area contributed by atoms with E-state index in [1.165, 1.54) is 0 Å². The predicted molar refractivity (Wildman–Crippen MR) is 64.0 cm³/mol. The van der Waals surface area contributed by atoms with Crippen LogP contribution in [0.5, 0.6) is 5.75 Å². The molecule has 8 heteroatoms. The van der Waals surface area contributed by atoms with E-state index in [2.05, 4.69) is 4.74 Å². The molecule has 0 amide bonds. The molecule has 0 heterocycles. The van der Waals surface area contributed by atoms with Gasteiger partial charge in [0.25, 0.3) is 0 Å². The van der Waals surface area contributed by atoms with Crippen LogP contribution in [0, 0.1) is 11.6 Å². The molecule has 0 unspecified atom stereocenters. The molecule has 0 saturated heterocycles. The Hall–Kier alpha value is -1.54. The van der Waals surface area contributed by atoms with Crippen molar-refractivity contribution in [3.63, 3.8) is 0 Å². The number of nitrogens with two attached hydrogens (primary N) is 1. The molecule has 0 aromatic heterocycles. The van der Waals surface area contributed by atoms with Crippen molar-refractivity contribution in [3.05, 3.63) is 23.3 Å². The van der Waals surface area contributed by atoms with Gasteiger partial charge in [-0.15, -0.1) is 0 Å². The van der Waals surface area contributed by atoms with Crippen LogP contribution in [0.25, 0.3) is 0 Å². The van der Waals surface area contributed by atoms with E-state index in [4.69, 9.17) is 5.73 Å². The molecule has 0 spiro atoms. The van der Waals surface area contributed by atoms with E-state index in [0.29, 0.717) is 12.3 Å².